The van der Waals surface area contributed by atoms with Gasteiger partial charge in [0.15, 0.2) is 18.1 Å². The molecular formula is C22H18F3N5O3. The van der Waals surface area contributed by atoms with Crippen LogP contribution in [0, 0.1) is 0 Å². The number of nitrogens with zero attached hydrogens (tertiary/aromatic N) is 4. The smallest absolute Gasteiger partial charge is 0.416 e. The minimum absolute atomic E-state index is 0.0445. The van der Waals surface area contributed by atoms with Gasteiger partial charge in [-0.3, -0.25) is 4.79 Å². The number of ether oxygens (including phenoxy) is 2. The Hall–Kier alpha value is -4.15. The number of nitrogens with one attached hydrogen (secondary N) is 1. The fourth-order valence-corrected chi connectivity index (χ4v) is 2.92. The molecule has 0 unspecified atom stereocenters. The average molecular weight is 457 g/mol. The monoisotopic (exact) mass is 457 g/mol. The molecule has 0 bridgehead atoms. The zero-order valence-corrected chi connectivity index (χ0v) is 17.1. The van der Waals surface area contributed by atoms with Crippen LogP contribution in [-0.4, -0.2) is 45.5 Å². The number of rotatable bonds is 8. The third kappa shape index (κ3) is 5.56. The Labute approximate surface area is 186 Å². The molecule has 0 radical (unpaired) electrons. The molecule has 33 heavy (non-hydrogen) atoms. The maximum Gasteiger partial charge on any atom is 0.416 e. The van der Waals surface area contributed by atoms with Gasteiger partial charge >= 0.3 is 6.18 Å². The number of amides is 1. The predicted octanol–water partition coefficient (Wildman–Crippen LogP) is 3.38. The molecule has 11 heteroatoms. The standard InChI is InChI=1S/C22H18F3N5O3/c23-22(24,25)16-7-4-8-17(13-16)33-14-19(31)26-11-12-32-20-10-9-18-27-28-21(30(18)29-20)15-5-2-1-3-6-15/h1-10,13H,11-12,14H2,(H,26,31). The molecule has 4 aromatic rings. The van der Waals surface area contributed by atoms with Crippen LogP contribution in [0.2, 0.25) is 0 Å². The minimum atomic E-state index is -4.48. The van der Waals surface area contributed by atoms with E-state index in [4.69, 9.17) is 9.47 Å². The van der Waals surface area contributed by atoms with Crippen molar-refractivity contribution in [3.05, 3.63) is 72.3 Å². The fraction of sp³-hybridized carbons (Fsp3) is 0.182. The van der Waals surface area contributed by atoms with E-state index in [1.54, 1.807) is 16.6 Å². The second kappa shape index (κ2) is 9.55. The Morgan fingerprint density at radius 3 is 2.58 bits per heavy atom. The van der Waals surface area contributed by atoms with Gasteiger partial charge in [-0.15, -0.1) is 15.3 Å². The number of fused-ring (bicyclic) bond motifs is 1. The summed E-state index contributed by atoms with van der Waals surface area (Å²) in [6.07, 6.45) is -4.48. The van der Waals surface area contributed by atoms with Gasteiger partial charge in [-0.25, -0.2) is 0 Å². The lowest BCUT2D eigenvalue weighted by atomic mass is 10.2. The van der Waals surface area contributed by atoms with E-state index in [1.165, 1.54) is 12.1 Å². The second-order valence-corrected chi connectivity index (χ2v) is 6.84. The van der Waals surface area contributed by atoms with Gasteiger partial charge in [0.2, 0.25) is 5.88 Å². The van der Waals surface area contributed by atoms with Crippen molar-refractivity contribution in [2.75, 3.05) is 19.8 Å². The van der Waals surface area contributed by atoms with Crippen LogP contribution in [0.15, 0.2) is 66.7 Å². The highest BCUT2D eigenvalue weighted by Crippen LogP contribution is 2.31. The molecule has 0 spiro atoms. The van der Waals surface area contributed by atoms with E-state index < -0.39 is 24.3 Å². The third-order valence-electron chi connectivity index (χ3n) is 4.48. The maximum absolute atomic E-state index is 12.7. The van der Waals surface area contributed by atoms with E-state index in [-0.39, 0.29) is 18.9 Å². The lowest BCUT2D eigenvalue weighted by Gasteiger charge is -2.11. The van der Waals surface area contributed by atoms with Crippen LogP contribution in [0.3, 0.4) is 0 Å². The Kier molecular flexibility index (Phi) is 6.38. The number of benzene rings is 2. The van der Waals surface area contributed by atoms with Gasteiger partial charge in [-0.1, -0.05) is 36.4 Å². The van der Waals surface area contributed by atoms with E-state index in [9.17, 15) is 18.0 Å². The quantitative estimate of drug-likeness (QED) is 0.408. The van der Waals surface area contributed by atoms with E-state index in [2.05, 4.69) is 20.6 Å². The molecule has 2 aromatic heterocycles. The molecule has 0 aliphatic carbocycles. The van der Waals surface area contributed by atoms with Gasteiger partial charge in [0.05, 0.1) is 12.1 Å². The summed E-state index contributed by atoms with van der Waals surface area (Å²) < 4.78 is 50.4. The largest absolute Gasteiger partial charge is 0.484 e. The first-order valence-electron chi connectivity index (χ1n) is 9.87. The molecule has 2 aromatic carbocycles. The second-order valence-electron chi connectivity index (χ2n) is 6.84. The van der Waals surface area contributed by atoms with E-state index >= 15 is 0 Å². The van der Waals surface area contributed by atoms with Gasteiger partial charge in [-0.05, 0) is 24.3 Å². The van der Waals surface area contributed by atoms with E-state index in [0.717, 1.165) is 17.7 Å². The minimum Gasteiger partial charge on any atom is -0.484 e. The highest BCUT2D eigenvalue weighted by atomic mass is 19.4. The van der Waals surface area contributed by atoms with Crippen molar-refractivity contribution in [1.29, 1.82) is 0 Å². The first-order valence-corrected chi connectivity index (χ1v) is 9.87. The third-order valence-corrected chi connectivity index (χ3v) is 4.48. The van der Waals surface area contributed by atoms with E-state index in [0.29, 0.717) is 17.4 Å². The predicted molar refractivity (Wildman–Crippen MR) is 112 cm³/mol. The molecule has 0 saturated carbocycles. The van der Waals surface area contributed by atoms with Crippen molar-refractivity contribution in [2.45, 2.75) is 6.18 Å². The van der Waals surface area contributed by atoms with Crippen molar-refractivity contribution >= 4 is 11.6 Å². The summed E-state index contributed by atoms with van der Waals surface area (Å²) in [6, 6.07) is 17.1. The summed E-state index contributed by atoms with van der Waals surface area (Å²) in [5.41, 5.74) is 0.561. The molecule has 170 valence electrons. The lowest BCUT2D eigenvalue weighted by Crippen LogP contribution is -2.32. The molecule has 0 aliphatic rings. The first kappa shape index (κ1) is 22.1. The topological polar surface area (TPSA) is 90.6 Å². The first-order chi connectivity index (χ1) is 15.9. The van der Waals surface area contributed by atoms with Crippen molar-refractivity contribution in [2.24, 2.45) is 0 Å². The maximum atomic E-state index is 12.7. The normalized spacial score (nSPS) is 11.4. The van der Waals surface area contributed by atoms with Crippen LogP contribution in [-0.2, 0) is 11.0 Å². The van der Waals surface area contributed by atoms with Gasteiger partial charge < -0.3 is 14.8 Å². The van der Waals surface area contributed by atoms with Gasteiger partial charge in [-0.2, -0.15) is 17.7 Å². The molecule has 0 aliphatic heterocycles. The average Bonchev–Trinajstić information content (AvgIpc) is 3.24. The summed E-state index contributed by atoms with van der Waals surface area (Å²) in [4.78, 5) is 11.9. The summed E-state index contributed by atoms with van der Waals surface area (Å²) >= 11 is 0. The molecule has 1 amide bonds. The Morgan fingerprint density at radius 2 is 1.79 bits per heavy atom. The molecule has 8 nitrogen and oxygen atoms in total. The highest BCUT2D eigenvalue weighted by Gasteiger charge is 2.30. The van der Waals surface area contributed by atoms with Gasteiger partial charge in [0.1, 0.15) is 12.4 Å². The zero-order valence-electron chi connectivity index (χ0n) is 17.1. The molecule has 0 atom stereocenters. The van der Waals surface area contributed by atoms with Crippen molar-refractivity contribution in [1.82, 2.24) is 25.1 Å². The number of alkyl halides is 3. The van der Waals surface area contributed by atoms with Crippen LogP contribution >= 0.6 is 0 Å². The van der Waals surface area contributed by atoms with E-state index in [1.807, 2.05) is 30.3 Å². The van der Waals surface area contributed by atoms with Crippen LogP contribution < -0.4 is 14.8 Å². The molecule has 2 heterocycles. The fourth-order valence-electron chi connectivity index (χ4n) is 2.92. The van der Waals surface area contributed by atoms with Gasteiger partial charge in [0, 0.05) is 11.6 Å². The molecule has 1 N–H and O–H groups in total. The van der Waals surface area contributed by atoms with Crippen LogP contribution in [0.1, 0.15) is 5.56 Å². The van der Waals surface area contributed by atoms with Crippen LogP contribution in [0.4, 0.5) is 13.2 Å². The molecule has 4 rings (SSSR count). The summed E-state index contributed by atoms with van der Waals surface area (Å²) in [7, 11) is 0. The number of hydrogen-bond acceptors (Lipinski definition) is 6. The molecular weight excluding hydrogens is 439 g/mol. The van der Waals surface area contributed by atoms with Crippen LogP contribution in [0.5, 0.6) is 11.6 Å². The number of carbonyl (C=O) groups excluding carboxylic acids is 1. The van der Waals surface area contributed by atoms with Gasteiger partial charge in [0.25, 0.3) is 5.91 Å². The highest BCUT2D eigenvalue weighted by molar-refractivity contribution is 5.77. The van der Waals surface area contributed by atoms with Crippen LogP contribution in [0.25, 0.3) is 17.0 Å². The number of halogens is 3. The summed E-state index contributed by atoms with van der Waals surface area (Å²) in [6.45, 7) is -0.151. The Morgan fingerprint density at radius 1 is 0.970 bits per heavy atom. The molecule has 0 saturated heterocycles. The number of hydrogen-bond donors (Lipinski definition) is 1. The lowest BCUT2D eigenvalue weighted by molar-refractivity contribution is -0.137. The molecule has 0 fully saturated rings. The Bertz CT molecular complexity index is 1240. The van der Waals surface area contributed by atoms with Crippen molar-refractivity contribution in [3.63, 3.8) is 0 Å². The number of carbonyl (C=O) groups is 1. The zero-order chi connectivity index (χ0) is 23.3. The SMILES string of the molecule is O=C(COc1cccc(C(F)(F)F)c1)NCCOc1ccc2nnc(-c3ccccc3)n2n1. The number of aromatic nitrogens is 4. The Balaban J connectivity index is 1.26. The summed E-state index contributed by atoms with van der Waals surface area (Å²) in [5, 5.41) is 15.2. The van der Waals surface area contributed by atoms with Crippen molar-refractivity contribution < 1.29 is 27.4 Å². The van der Waals surface area contributed by atoms with Crippen molar-refractivity contribution in [3.8, 4) is 23.0 Å². The summed E-state index contributed by atoms with van der Waals surface area (Å²) in [5.74, 6) is 0.339.